The average Bonchev–Trinajstić information content (AvgIpc) is 1.86. The predicted molar refractivity (Wildman–Crippen MR) is 41.2 cm³/mol. The molecule has 6 nitrogen and oxygen atoms in total. The number of hydrogen-bond donors (Lipinski definition) is 5. The van der Waals surface area contributed by atoms with Gasteiger partial charge in [-0.1, -0.05) is 6.92 Å². The molecule has 74 valence electrons. The molecule has 0 amide bonds. The molecule has 0 radical (unpaired) electrons. The lowest BCUT2D eigenvalue weighted by atomic mass is 10.5. The molecule has 0 aliphatic heterocycles. The van der Waals surface area contributed by atoms with Crippen LogP contribution in [-0.4, -0.2) is 46.0 Å². The maximum absolute atomic E-state index is 9.37. The second-order valence-electron chi connectivity index (χ2n) is 2.05. The van der Waals surface area contributed by atoms with Crippen molar-refractivity contribution in [2.24, 2.45) is 0 Å². The van der Waals surface area contributed by atoms with Crippen LogP contribution in [0.3, 0.4) is 0 Å². The highest BCUT2D eigenvalue weighted by Crippen LogP contribution is 1.85. The molecule has 5 N–H and O–H groups in total. The van der Waals surface area contributed by atoms with E-state index < -0.39 is 11.9 Å². The number of carbonyl (C=O) groups is 1. The second-order valence-corrected chi connectivity index (χ2v) is 2.05. The Morgan fingerprint density at radius 2 is 1.75 bits per heavy atom. The zero-order chi connectivity index (χ0) is 10.2. The van der Waals surface area contributed by atoms with Crippen LogP contribution in [0.5, 0.6) is 0 Å². The summed E-state index contributed by atoms with van der Waals surface area (Å²) in [5, 5.41) is 34.3. The fraction of sp³-hybridized carbons (Fsp3) is 0.833. The third kappa shape index (κ3) is 22.8. The summed E-state index contributed by atoms with van der Waals surface area (Å²) in [6.07, 6.45) is 0.222. The number of rotatable bonds is 3. The minimum Gasteiger partial charge on any atom is -0.481 e. The lowest BCUT2D eigenvalue weighted by molar-refractivity contribution is -0.305. The van der Waals surface area contributed by atoms with Gasteiger partial charge < -0.3 is 25.7 Å². The molecule has 0 saturated heterocycles. The van der Waals surface area contributed by atoms with Gasteiger partial charge in [0, 0.05) is 6.42 Å². The molecule has 6 heteroatoms. The van der Waals surface area contributed by atoms with Crippen molar-refractivity contribution < 1.29 is 25.2 Å². The molecule has 0 aromatic rings. The lowest BCUT2D eigenvalue weighted by Gasteiger charge is -2.11. The van der Waals surface area contributed by atoms with Crippen molar-refractivity contribution >= 4 is 5.97 Å². The number of carboxylic acid groups (broad SMARTS) is 1. The summed E-state index contributed by atoms with van der Waals surface area (Å²) < 4.78 is 0. The van der Waals surface area contributed by atoms with Crippen LogP contribution >= 0.6 is 0 Å². The number of hydrogen-bond acceptors (Lipinski definition) is 5. The van der Waals surface area contributed by atoms with E-state index >= 15 is 0 Å². The SMILES string of the molecule is CCC(=O)O.CNCC(O)(O)O. The molecule has 0 aromatic heterocycles. The fourth-order valence-electron chi connectivity index (χ4n) is 0.237. The van der Waals surface area contributed by atoms with Gasteiger partial charge in [-0.2, -0.15) is 0 Å². The van der Waals surface area contributed by atoms with Crippen LogP contribution < -0.4 is 5.32 Å². The number of carboxylic acids is 1. The zero-order valence-electron chi connectivity index (χ0n) is 7.11. The van der Waals surface area contributed by atoms with Crippen LogP contribution in [0.15, 0.2) is 0 Å². The molecule has 0 heterocycles. The van der Waals surface area contributed by atoms with Gasteiger partial charge in [-0.15, -0.1) is 0 Å². The molecule has 0 aromatic carbocycles. The van der Waals surface area contributed by atoms with Gasteiger partial charge in [-0.25, -0.2) is 0 Å². The maximum Gasteiger partial charge on any atom is 0.303 e. The lowest BCUT2D eigenvalue weighted by Crippen LogP contribution is -2.38. The first-order chi connectivity index (χ1) is 5.33. The minimum absolute atomic E-state index is 0.222. The van der Waals surface area contributed by atoms with E-state index in [1.807, 2.05) is 0 Å². The summed E-state index contributed by atoms with van der Waals surface area (Å²) in [5.41, 5.74) is 0. The first kappa shape index (κ1) is 13.9. The monoisotopic (exact) mass is 181 g/mol. The van der Waals surface area contributed by atoms with Crippen LogP contribution in [0.4, 0.5) is 0 Å². The van der Waals surface area contributed by atoms with Gasteiger partial charge in [0.2, 0.25) is 0 Å². The zero-order valence-corrected chi connectivity index (χ0v) is 7.11. The van der Waals surface area contributed by atoms with Crippen molar-refractivity contribution in [3.8, 4) is 0 Å². The molecule has 0 spiro atoms. The predicted octanol–water partition coefficient (Wildman–Crippen LogP) is -1.68. The summed E-state index contributed by atoms with van der Waals surface area (Å²) in [7, 11) is 1.50. The molecule has 0 rings (SSSR count). The van der Waals surface area contributed by atoms with Gasteiger partial charge in [0.05, 0.1) is 6.54 Å². The molecular formula is C6H15NO5. The summed E-state index contributed by atoms with van der Waals surface area (Å²) in [6, 6.07) is 0. The quantitative estimate of drug-likeness (QED) is 0.332. The first-order valence-corrected chi connectivity index (χ1v) is 3.37. The molecule has 0 saturated carbocycles. The molecule has 0 aliphatic rings. The number of nitrogens with one attached hydrogen (secondary N) is 1. The standard InChI is InChI=1S/C3H9NO3.C3H6O2/c1-4-2-3(5,6)7;1-2-3(4)5/h4-7H,2H2,1H3;2H2,1H3,(H,4,5). The van der Waals surface area contributed by atoms with Gasteiger partial charge in [0.15, 0.2) is 0 Å². The second kappa shape index (κ2) is 6.99. The van der Waals surface area contributed by atoms with Crippen molar-refractivity contribution in [1.29, 1.82) is 0 Å². The largest absolute Gasteiger partial charge is 0.481 e. The minimum atomic E-state index is -2.56. The van der Waals surface area contributed by atoms with Crippen molar-refractivity contribution in [1.82, 2.24) is 5.32 Å². The van der Waals surface area contributed by atoms with Crippen LogP contribution in [-0.2, 0) is 4.79 Å². The van der Waals surface area contributed by atoms with Gasteiger partial charge in [-0.3, -0.25) is 4.79 Å². The van der Waals surface area contributed by atoms with Crippen LogP contribution in [0.25, 0.3) is 0 Å². The van der Waals surface area contributed by atoms with E-state index in [2.05, 4.69) is 5.32 Å². The summed E-state index contributed by atoms with van der Waals surface area (Å²) in [5.74, 6) is -3.31. The van der Waals surface area contributed by atoms with E-state index in [1.165, 1.54) is 7.05 Å². The van der Waals surface area contributed by atoms with Crippen molar-refractivity contribution in [3.63, 3.8) is 0 Å². The van der Waals surface area contributed by atoms with Crippen LogP contribution in [0.2, 0.25) is 0 Å². The topological polar surface area (TPSA) is 110 Å². The summed E-state index contributed by atoms with van der Waals surface area (Å²) >= 11 is 0. The summed E-state index contributed by atoms with van der Waals surface area (Å²) in [6.45, 7) is 1.36. The third-order valence-electron chi connectivity index (χ3n) is 0.716. The first-order valence-electron chi connectivity index (χ1n) is 3.37. The number of likely N-dealkylation sites (N-methyl/N-ethyl adjacent to an activating group) is 1. The van der Waals surface area contributed by atoms with E-state index in [-0.39, 0.29) is 13.0 Å². The van der Waals surface area contributed by atoms with Gasteiger partial charge >= 0.3 is 5.97 Å². The molecule has 0 bridgehead atoms. The molecule has 0 aliphatic carbocycles. The van der Waals surface area contributed by atoms with E-state index in [9.17, 15) is 4.79 Å². The Morgan fingerprint density at radius 3 is 1.75 bits per heavy atom. The van der Waals surface area contributed by atoms with Crippen LogP contribution in [0, 0.1) is 0 Å². The molecule has 0 unspecified atom stereocenters. The maximum atomic E-state index is 9.37. The van der Waals surface area contributed by atoms with Crippen LogP contribution in [0.1, 0.15) is 13.3 Å². The third-order valence-corrected chi connectivity index (χ3v) is 0.716. The highest BCUT2D eigenvalue weighted by molar-refractivity contribution is 5.66. The Hall–Kier alpha value is -0.690. The Bertz CT molecular complexity index is 120. The molecule has 0 atom stereocenters. The van der Waals surface area contributed by atoms with Crippen molar-refractivity contribution in [3.05, 3.63) is 0 Å². The van der Waals surface area contributed by atoms with Gasteiger partial charge in [-0.05, 0) is 7.05 Å². The molecule has 12 heavy (non-hydrogen) atoms. The molecule has 0 fully saturated rings. The van der Waals surface area contributed by atoms with E-state index in [1.54, 1.807) is 6.92 Å². The normalized spacial score (nSPS) is 10.1. The Labute approximate surface area is 70.5 Å². The van der Waals surface area contributed by atoms with Crippen molar-refractivity contribution in [2.75, 3.05) is 13.6 Å². The van der Waals surface area contributed by atoms with Gasteiger partial charge in [0.25, 0.3) is 5.97 Å². The summed E-state index contributed by atoms with van der Waals surface area (Å²) in [4.78, 5) is 9.37. The molecular weight excluding hydrogens is 166 g/mol. The van der Waals surface area contributed by atoms with Gasteiger partial charge in [0.1, 0.15) is 0 Å². The number of aliphatic hydroxyl groups is 3. The Balaban J connectivity index is 0. The fourth-order valence-corrected chi connectivity index (χ4v) is 0.237. The van der Waals surface area contributed by atoms with E-state index in [0.29, 0.717) is 0 Å². The van der Waals surface area contributed by atoms with E-state index in [0.717, 1.165) is 0 Å². The highest BCUT2D eigenvalue weighted by Gasteiger charge is 2.14. The van der Waals surface area contributed by atoms with Crippen molar-refractivity contribution in [2.45, 2.75) is 19.3 Å². The highest BCUT2D eigenvalue weighted by atomic mass is 16.7. The Kier molecular flexibility index (Phi) is 8.07. The average molecular weight is 181 g/mol. The smallest absolute Gasteiger partial charge is 0.303 e. The number of aliphatic carboxylic acids is 1. The Morgan fingerprint density at radius 1 is 1.42 bits per heavy atom. The van der Waals surface area contributed by atoms with E-state index in [4.69, 9.17) is 20.4 Å².